The van der Waals surface area contributed by atoms with Crippen LogP contribution in [0.4, 0.5) is 17.1 Å². The van der Waals surface area contributed by atoms with E-state index in [2.05, 4.69) is 16.0 Å². The van der Waals surface area contributed by atoms with Crippen LogP contribution in [0.1, 0.15) is 51.8 Å². The van der Waals surface area contributed by atoms with Gasteiger partial charge >= 0.3 is 0 Å². The molecule has 0 radical (unpaired) electrons. The lowest BCUT2D eigenvalue weighted by Crippen LogP contribution is -2.25. The monoisotopic (exact) mass is 567 g/mol. The van der Waals surface area contributed by atoms with Gasteiger partial charge in [0, 0.05) is 17.1 Å². The van der Waals surface area contributed by atoms with Crippen molar-refractivity contribution in [1.82, 2.24) is 0 Å². The second-order valence-corrected chi connectivity index (χ2v) is 8.96. The van der Waals surface area contributed by atoms with E-state index in [-0.39, 0.29) is 16.7 Å². The first-order valence-corrected chi connectivity index (χ1v) is 13.7. The Hall–Kier alpha value is -5.31. The van der Waals surface area contributed by atoms with Crippen LogP contribution in [-0.4, -0.2) is 37.5 Å². The summed E-state index contributed by atoms with van der Waals surface area (Å²) in [6.45, 7) is 7.19. The number of anilines is 3. The highest BCUT2D eigenvalue weighted by atomic mass is 16.5. The fourth-order valence-corrected chi connectivity index (χ4v) is 4.17. The number of hydrogen-bond donors (Lipinski definition) is 3. The van der Waals surface area contributed by atoms with E-state index < -0.39 is 17.7 Å². The molecule has 4 rings (SSSR count). The van der Waals surface area contributed by atoms with Crippen LogP contribution in [0.5, 0.6) is 17.2 Å². The Morgan fingerprint density at radius 3 is 1.10 bits per heavy atom. The average molecular weight is 568 g/mol. The van der Waals surface area contributed by atoms with Crippen LogP contribution in [-0.2, 0) is 0 Å². The van der Waals surface area contributed by atoms with E-state index in [1.807, 2.05) is 20.8 Å². The van der Waals surface area contributed by atoms with Gasteiger partial charge in [-0.25, -0.2) is 0 Å². The first kappa shape index (κ1) is 29.7. The summed E-state index contributed by atoms with van der Waals surface area (Å²) in [6.07, 6.45) is 0. The van der Waals surface area contributed by atoms with E-state index in [9.17, 15) is 14.4 Å². The van der Waals surface area contributed by atoms with Gasteiger partial charge in [-0.2, -0.15) is 0 Å². The van der Waals surface area contributed by atoms with Gasteiger partial charge in [-0.3, -0.25) is 14.4 Å². The highest BCUT2D eigenvalue weighted by Gasteiger charge is 2.25. The van der Waals surface area contributed by atoms with Crippen LogP contribution in [0.15, 0.2) is 91.0 Å². The van der Waals surface area contributed by atoms with Crippen molar-refractivity contribution in [2.75, 3.05) is 35.8 Å². The molecule has 0 unspecified atom stereocenters. The number of ether oxygens (including phenoxy) is 3. The summed E-state index contributed by atoms with van der Waals surface area (Å²) in [5.74, 6) is 0.269. The Labute approximate surface area is 244 Å². The van der Waals surface area contributed by atoms with Crippen molar-refractivity contribution in [2.24, 2.45) is 0 Å². The quantitative estimate of drug-likeness (QED) is 0.177. The second-order valence-electron chi connectivity index (χ2n) is 8.96. The van der Waals surface area contributed by atoms with Crippen LogP contribution in [0.2, 0.25) is 0 Å². The van der Waals surface area contributed by atoms with Crippen molar-refractivity contribution in [3.05, 3.63) is 108 Å². The van der Waals surface area contributed by atoms with Crippen molar-refractivity contribution in [3.8, 4) is 17.2 Å². The molecule has 0 aromatic heterocycles. The molecule has 0 spiro atoms. The Balaban J connectivity index is 1.65. The smallest absolute Gasteiger partial charge is 0.257 e. The molecule has 0 atom stereocenters. The minimum atomic E-state index is -0.617. The topological polar surface area (TPSA) is 115 Å². The molecule has 0 fully saturated rings. The Morgan fingerprint density at radius 1 is 0.476 bits per heavy atom. The maximum atomic E-state index is 13.7. The van der Waals surface area contributed by atoms with Crippen LogP contribution in [0.25, 0.3) is 0 Å². The van der Waals surface area contributed by atoms with Crippen LogP contribution >= 0.6 is 0 Å². The summed E-state index contributed by atoms with van der Waals surface area (Å²) in [5, 5.41) is 8.41. The molecule has 0 saturated carbocycles. The summed E-state index contributed by atoms with van der Waals surface area (Å²) in [4.78, 5) is 40.6. The van der Waals surface area contributed by atoms with E-state index in [1.165, 1.54) is 12.1 Å². The van der Waals surface area contributed by atoms with Gasteiger partial charge in [0.25, 0.3) is 17.7 Å². The molecular formula is C33H33N3O6. The summed E-state index contributed by atoms with van der Waals surface area (Å²) in [7, 11) is 0. The molecule has 42 heavy (non-hydrogen) atoms. The molecule has 9 nitrogen and oxygen atoms in total. The number of amides is 3. The molecule has 0 saturated heterocycles. The Morgan fingerprint density at radius 2 is 0.786 bits per heavy atom. The zero-order valence-corrected chi connectivity index (χ0v) is 23.7. The maximum absolute atomic E-state index is 13.7. The molecule has 3 N–H and O–H groups in total. The Bertz CT molecular complexity index is 1440. The third-order valence-electron chi connectivity index (χ3n) is 6.05. The number of hydrogen-bond acceptors (Lipinski definition) is 6. The zero-order chi connectivity index (χ0) is 29.9. The van der Waals surface area contributed by atoms with Gasteiger partial charge in [0.05, 0.1) is 36.5 Å². The van der Waals surface area contributed by atoms with Gasteiger partial charge in [0.15, 0.2) is 0 Å². The lowest BCUT2D eigenvalue weighted by Gasteiger charge is -2.16. The average Bonchev–Trinajstić information content (AvgIpc) is 3.00. The van der Waals surface area contributed by atoms with Crippen molar-refractivity contribution in [3.63, 3.8) is 0 Å². The van der Waals surface area contributed by atoms with Crippen LogP contribution in [0, 0.1) is 0 Å². The number of carbonyl (C=O) groups excluding carboxylic acids is 3. The van der Waals surface area contributed by atoms with E-state index in [1.54, 1.807) is 78.9 Å². The fourth-order valence-electron chi connectivity index (χ4n) is 4.17. The highest BCUT2D eigenvalue weighted by Crippen LogP contribution is 2.24. The molecule has 4 aromatic rings. The number of benzene rings is 4. The zero-order valence-electron chi connectivity index (χ0n) is 23.7. The predicted molar refractivity (Wildman–Crippen MR) is 163 cm³/mol. The molecule has 0 aliphatic heterocycles. The van der Waals surface area contributed by atoms with Crippen LogP contribution in [0.3, 0.4) is 0 Å². The van der Waals surface area contributed by atoms with Crippen molar-refractivity contribution in [2.45, 2.75) is 20.8 Å². The van der Waals surface area contributed by atoms with E-state index >= 15 is 0 Å². The van der Waals surface area contributed by atoms with Gasteiger partial charge in [0.2, 0.25) is 0 Å². The third-order valence-corrected chi connectivity index (χ3v) is 6.05. The number of rotatable bonds is 12. The van der Waals surface area contributed by atoms with Gasteiger partial charge in [-0.05, 0) is 106 Å². The molecule has 4 aromatic carbocycles. The lowest BCUT2D eigenvalue weighted by molar-refractivity contribution is 0.0978. The molecule has 0 aliphatic carbocycles. The van der Waals surface area contributed by atoms with Gasteiger partial charge in [-0.15, -0.1) is 0 Å². The summed E-state index contributed by atoms with van der Waals surface area (Å²) in [5.41, 5.74) is 1.48. The predicted octanol–water partition coefficient (Wildman–Crippen LogP) is 6.64. The standard InChI is InChI=1S/C33H33N3O6/c1-4-40-25-16-10-22(11-17-25)34-31(37)28-8-7-9-29(32(38)35-23-12-18-26(19-13-23)41-5-2)30(28)33(39)36-24-14-20-27(21-15-24)42-6-3/h7-21H,4-6H2,1-3H3,(H,34,37)(H,35,38)(H,36,39). The number of carbonyl (C=O) groups is 3. The third kappa shape index (κ3) is 7.66. The fraction of sp³-hybridized carbons (Fsp3) is 0.182. The summed E-state index contributed by atoms with van der Waals surface area (Å²) >= 11 is 0. The first-order chi connectivity index (χ1) is 20.4. The molecule has 0 heterocycles. The molecule has 3 amide bonds. The van der Waals surface area contributed by atoms with E-state index in [4.69, 9.17) is 14.2 Å². The largest absolute Gasteiger partial charge is 0.494 e. The van der Waals surface area contributed by atoms with Crippen molar-refractivity contribution >= 4 is 34.8 Å². The van der Waals surface area contributed by atoms with Crippen molar-refractivity contribution < 1.29 is 28.6 Å². The van der Waals surface area contributed by atoms with Gasteiger partial charge in [-0.1, -0.05) is 6.07 Å². The van der Waals surface area contributed by atoms with Gasteiger partial charge in [0.1, 0.15) is 17.2 Å². The highest BCUT2D eigenvalue weighted by molar-refractivity contribution is 6.21. The number of nitrogens with one attached hydrogen (secondary N) is 3. The SMILES string of the molecule is CCOc1ccc(NC(=O)c2cccc(C(=O)Nc3ccc(OCC)cc3)c2C(=O)Nc2ccc(OCC)cc2)cc1. The maximum Gasteiger partial charge on any atom is 0.257 e. The first-order valence-electron chi connectivity index (χ1n) is 13.7. The molecule has 0 aliphatic rings. The molecule has 216 valence electrons. The lowest BCUT2D eigenvalue weighted by atomic mass is 9.98. The molecular weight excluding hydrogens is 534 g/mol. The summed E-state index contributed by atoms with van der Waals surface area (Å²) < 4.78 is 16.4. The minimum Gasteiger partial charge on any atom is -0.494 e. The Kier molecular flexibility index (Phi) is 10.1. The van der Waals surface area contributed by atoms with Crippen molar-refractivity contribution in [1.29, 1.82) is 0 Å². The minimum absolute atomic E-state index is 0.0339. The molecule has 0 bridgehead atoms. The van der Waals surface area contributed by atoms with E-state index in [0.29, 0.717) is 54.1 Å². The van der Waals surface area contributed by atoms with E-state index in [0.717, 1.165) is 0 Å². The molecule has 9 heteroatoms. The normalized spacial score (nSPS) is 10.4. The second kappa shape index (κ2) is 14.4. The van der Waals surface area contributed by atoms with Crippen LogP contribution < -0.4 is 30.2 Å². The van der Waals surface area contributed by atoms with Gasteiger partial charge < -0.3 is 30.2 Å². The summed E-state index contributed by atoms with van der Waals surface area (Å²) in [6, 6.07) is 25.1.